The van der Waals surface area contributed by atoms with Crippen molar-refractivity contribution in [3.63, 3.8) is 0 Å². The molecule has 0 aliphatic carbocycles. The number of rotatable bonds is 9. The van der Waals surface area contributed by atoms with Crippen molar-refractivity contribution in [1.82, 2.24) is 4.57 Å². The van der Waals surface area contributed by atoms with Gasteiger partial charge in [0.1, 0.15) is 12.4 Å². The van der Waals surface area contributed by atoms with Crippen LogP contribution in [0.3, 0.4) is 0 Å². The van der Waals surface area contributed by atoms with Gasteiger partial charge in [0, 0.05) is 22.7 Å². The smallest absolute Gasteiger partial charge is 0.338 e. The van der Waals surface area contributed by atoms with Crippen LogP contribution < -0.4 is 19.6 Å². The highest BCUT2D eigenvalue weighted by Gasteiger charge is 2.35. The zero-order valence-electron chi connectivity index (χ0n) is 24.5. The van der Waals surface area contributed by atoms with E-state index in [1.165, 1.54) is 23.5 Å². The fourth-order valence-electron chi connectivity index (χ4n) is 5.09. The number of ether oxygens (including phenoxy) is 2. The molecule has 0 amide bonds. The monoisotopic (exact) mass is 651 g/mol. The minimum Gasteiger partial charge on any atom is -0.489 e. The van der Waals surface area contributed by atoms with E-state index < -0.39 is 16.9 Å². The van der Waals surface area contributed by atoms with E-state index in [0.29, 0.717) is 31.4 Å². The standard InChI is InChI=1S/C35H26ClN3O6S/c1-2-44-34(41)30-31(24-6-4-3-5-7-24)37-35-38(32(30)25-12-14-26(36)15-13-25)33(40)29(46-35)20-22-10-18-28(19-11-22)45-21-23-8-16-27(17-9-23)39(42)43/h3-20,32H,2,21H2,1H3/b29-20-. The molecule has 9 nitrogen and oxygen atoms in total. The molecule has 1 aliphatic heterocycles. The molecule has 1 aliphatic rings. The average Bonchev–Trinajstić information content (AvgIpc) is 3.38. The SMILES string of the molecule is CCOC(=O)C1=C(c2ccccc2)N=c2s/c(=C\c3ccc(OCc4ccc([N+](=O)[O-])cc4)cc3)c(=O)n2C1c1ccc(Cl)cc1. The number of benzene rings is 4. The van der Waals surface area contributed by atoms with Gasteiger partial charge in [-0.25, -0.2) is 9.79 Å². The van der Waals surface area contributed by atoms with Gasteiger partial charge in [-0.15, -0.1) is 0 Å². The molecular weight excluding hydrogens is 626 g/mol. The quantitative estimate of drug-likeness (QED) is 0.109. The molecule has 0 radical (unpaired) electrons. The summed E-state index contributed by atoms with van der Waals surface area (Å²) in [5, 5.41) is 11.4. The first-order valence-corrected chi connectivity index (χ1v) is 15.5. The first kappa shape index (κ1) is 30.7. The van der Waals surface area contributed by atoms with Crippen molar-refractivity contribution in [1.29, 1.82) is 0 Å². The summed E-state index contributed by atoms with van der Waals surface area (Å²) in [6.07, 6.45) is 1.78. The van der Waals surface area contributed by atoms with Crippen molar-refractivity contribution in [2.75, 3.05) is 6.61 Å². The van der Waals surface area contributed by atoms with Gasteiger partial charge in [0.15, 0.2) is 4.80 Å². The van der Waals surface area contributed by atoms with Crippen molar-refractivity contribution in [3.05, 3.63) is 166 Å². The molecule has 230 valence electrons. The minimum absolute atomic E-state index is 0.0197. The molecule has 1 unspecified atom stereocenters. The maximum atomic E-state index is 14.0. The molecule has 5 aromatic rings. The van der Waals surface area contributed by atoms with Crippen molar-refractivity contribution < 1.29 is 19.2 Å². The van der Waals surface area contributed by atoms with Crippen LogP contribution in [0.2, 0.25) is 5.02 Å². The molecule has 0 bridgehead atoms. The molecule has 0 spiro atoms. The highest BCUT2D eigenvalue weighted by atomic mass is 35.5. The number of nitro groups is 1. The van der Waals surface area contributed by atoms with E-state index in [-0.39, 0.29) is 30.0 Å². The zero-order valence-corrected chi connectivity index (χ0v) is 26.0. The van der Waals surface area contributed by atoms with Crippen LogP contribution >= 0.6 is 22.9 Å². The summed E-state index contributed by atoms with van der Waals surface area (Å²) in [6, 6.07) is 29.0. The van der Waals surface area contributed by atoms with Gasteiger partial charge >= 0.3 is 5.97 Å². The molecule has 1 atom stereocenters. The van der Waals surface area contributed by atoms with Crippen molar-refractivity contribution in [2.45, 2.75) is 19.6 Å². The van der Waals surface area contributed by atoms with Gasteiger partial charge in [0.25, 0.3) is 11.2 Å². The third-order valence-electron chi connectivity index (χ3n) is 7.29. The lowest BCUT2D eigenvalue weighted by molar-refractivity contribution is -0.384. The van der Waals surface area contributed by atoms with E-state index in [2.05, 4.69) is 0 Å². The lowest BCUT2D eigenvalue weighted by Crippen LogP contribution is -2.40. The molecule has 2 heterocycles. The zero-order chi connectivity index (χ0) is 32.2. The van der Waals surface area contributed by atoms with Gasteiger partial charge in [0.2, 0.25) is 0 Å². The normalized spacial score (nSPS) is 14.4. The minimum atomic E-state index is -0.792. The number of nitrogens with zero attached hydrogens (tertiary/aromatic N) is 3. The highest BCUT2D eigenvalue weighted by Crippen LogP contribution is 2.35. The summed E-state index contributed by atoms with van der Waals surface area (Å²) in [6.45, 7) is 2.14. The lowest BCUT2D eigenvalue weighted by Gasteiger charge is -2.25. The summed E-state index contributed by atoms with van der Waals surface area (Å²) < 4.78 is 13.3. The van der Waals surface area contributed by atoms with Gasteiger partial charge in [-0.1, -0.05) is 77.5 Å². The fraction of sp³-hybridized carbons (Fsp3) is 0.114. The highest BCUT2D eigenvalue weighted by molar-refractivity contribution is 7.07. The molecule has 6 rings (SSSR count). The van der Waals surface area contributed by atoms with Gasteiger partial charge in [-0.05, 0) is 66.1 Å². The topological polar surface area (TPSA) is 113 Å². The second-order valence-electron chi connectivity index (χ2n) is 10.3. The van der Waals surface area contributed by atoms with Gasteiger partial charge in [-0.2, -0.15) is 0 Å². The third-order valence-corrected chi connectivity index (χ3v) is 8.52. The number of carbonyl (C=O) groups excluding carboxylic acids is 1. The van der Waals surface area contributed by atoms with E-state index in [1.54, 1.807) is 66.1 Å². The van der Waals surface area contributed by atoms with E-state index in [9.17, 15) is 19.7 Å². The fourth-order valence-corrected chi connectivity index (χ4v) is 6.22. The van der Waals surface area contributed by atoms with Gasteiger partial charge < -0.3 is 9.47 Å². The number of nitro benzene ring substituents is 1. The second-order valence-corrected chi connectivity index (χ2v) is 11.7. The molecule has 1 aromatic heterocycles. The molecule has 0 saturated carbocycles. The number of hydrogen-bond donors (Lipinski definition) is 0. The van der Waals surface area contributed by atoms with Crippen molar-refractivity contribution in [2.24, 2.45) is 4.99 Å². The van der Waals surface area contributed by atoms with E-state index in [0.717, 1.165) is 16.7 Å². The number of fused-ring (bicyclic) bond motifs is 1. The van der Waals surface area contributed by atoms with Crippen LogP contribution in [0.5, 0.6) is 5.75 Å². The Morgan fingerprint density at radius 2 is 1.70 bits per heavy atom. The van der Waals surface area contributed by atoms with E-state index in [1.807, 2.05) is 42.5 Å². The predicted molar refractivity (Wildman–Crippen MR) is 176 cm³/mol. The van der Waals surface area contributed by atoms with Crippen LogP contribution in [0.25, 0.3) is 11.8 Å². The summed E-state index contributed by atoms with van der Waals surface area (Å²) in [5.41, 5.74) is 3.42. The Morgan fingerprint density at radius 3 is 2.35 bits per heavy atom. The average molecular weight is 652 g/mol. The Kier molecular flexibility index (Phi) is 8.91. The summed E-state index contributed by atoms with van der Waals surface area (Å²) >= 11 is 7.44. The molecule has 11 heteroatoms. The summed E-state index contributed by atoms with van der Waals surface area (Å²) in [5.74, 6) is 0.0509. The third kappa shape index (κ3) is 6.39. The number of carbonyl (C=O) groups is 1. The second kappa shape index (κ2) is 13.4. The molecule has 0 fully saturated rings. The molecule has 0 saturated heterocycles. The molecule has 46 heavy (non-hydrogen) atoms. The Labute approximate surface area is 272 Å². The Bertz CT molecular complexity index is 2120. The van der Waals surface area contributed by atoms with Gasteiger partial charge in [-0.3, -0.25) is 19.5 Å². The Balaban J connectivity index is 1.38. The number of aromatic nitrogens is 1. The maximum Gasteiger partial charge on any atom is 0.338 e. The molecule has 0 N–H and O–H groups in total. The number of non-ortho nitro benzene ring substituents is 1. The largest absolute Gasteiger partial charge is 0.489 e. The van der Waals surface area contributed by atoms with E-state index >= 15 is 0 Å². The lowest BCUT2D eigenvalue weighted by atomic mass is 9.93. The van der Waals surface area contributed by atoms with Gasteiger partial charge in [0.05, 0.1) is 33.4 Å². The van der Waals surface area contributed by atoms with Crippen LogP contribution in [0.4, 0.5) is 5.69 Å². The Hall–Kier alpha value is -5.32. The van der Waals surface area contributed by atoms with E-state index in [4.69, 9.17) is 26.1 Å². The van der Waals surface area contributed by atoms with Crippen LogP contribution in [0.1, 0.15) is 35.2 Å². The number of esters is 1. The number of hydrogen-bond acceptors (Lipinski definition) is 8. The van der Waals surface area contributed by atoms with Crippen molar-refractivity contribution >= 4 is 46.4 Å². The summed E-state index contributed by atoms with van der Waals surface area (Å²) in [4.78, 5) is 43.3. The number of thiazole rings is 1. The molecule has 4 aromatic carbocycles. The van der Waals surface area contributed by atoms with Crippen molar-refractivity contribution in [3.8, 4) is 5.75 Å². The predicted octanol–water partition coefficient (Wildman–Crippen LogP) is 6.08. The number of halogens is 1. The first-order valence-electron chi connectivity index (χ1n) is 14.3. The van der Waals surface area contributed by atoms with Crippen LogP contribution in [-0.2, 0) is 16.1 Å². The van der Waals surface area contributed by atoms with Crippen LogP contribution in [-0.4, -0.2) is 22.1 Å². The summed E-state index contributed by atoms with van der Waals surface area (Å²) in [7, 11) is 0. The molecular formula is C35H26ClN3O6S. The first-order chi connectivity index (χ1) is 22.3. The Morgan fingerprint density at radius 1 is 1.00 bits per heavy atom. The maximum absolute atomic E-state index is 14.0. The van der Waals surface area contributed by atoms with Crippen LogP contribution in [0, 0.1) is 10.1 Å². The van der Waals surface area contributed by atoms with Crippen LogP contribution in [0.15, 0.2) is 118 Å².